The lowest BCUT2D eigenvalue weighted by molar-refractivity contribution is -0.0445. The Morgan fingerprint density at radius 3 is 2.74 bits per heavy atom. The predicted octanol–water partition coefficient (Wildman–Crippen LogP) is 1.32. The van der Waals surface area contributed by atoms with Crippen LogP contribution in [-0.4, -0.2) is 57.9 Å². The van der Waals surface area contributed by atoms with Gasteiger partial charge in [-0.25, -0.2) is 9.37 Å². The van der Waals surface area contributed by atoms with E-state index in [0.717, 1.165) is 0 Å². The van der Waals surface area contributed by atoms with Crippen molar-refractivity contribution in [1.29, 1.82) is 0 Å². The third kappa shape index (κ3) is 3.40. The lowest BCUT2D eigenvalue weighted by Gasteiger charge is -2.39. The molecule has 0 aromatic carbocycles. The van der Waals surface area contributed by atoms with Crippen molar-refractivity contribution in [2.24, 2.45) is 0 Å². The van der Waals surface area contributed by atoms with Crippen LogP contribution in [0.25, 0.3) is 11.2 Å². The minimum Gasteiger partial charge on any atom is -0.408 e. The summed E-state index contributed by atoms with van der Waals surface area (Å²) in [6.45, 7) is 9.78. The van der Waals surface area contributed by atoms with Gasteiger partial charge in [0.05, 0.1) is 12.9 Å². The first-order valence-electron chi connectivity index (χ1n) is 8.77. The van der Waals surface area contributed by atoms with Crippen LogP contribution in [0, 0.1) is 0 Å². The van der Waals surface area contributed by atoms with E-state index in [-0.39, 0.29) is 28.8 Å². The first kappa shape index (κ1) is 19.9. The minimum atomic E-state index is -2.30. The van der Waals surface area contributed by atoms with Crippen LogP contribution < -0.4 is 11.3 Å². The molecule has 0 saturated carbocycles. The van der Waals surface area contributed by atoms with Gasteiger partial charge < -0.3 is 20.0 Å². The SMILES string of the molecule is CC(C)(C)[Si](C)(C)OC1[C@@H](CO)O[C@@H](n2cnc3c(=O)[nH]c(N)nc32)[C@H]1F. The molecule has 0 spiro atoms. The number of imidazole rings is 1. The molecule has 1 aliphatic heterocycles. The van der Waals surface area contributed by atoms with E-state index in [4.69, 9.17) is 14.9 Å². The Morgan fingerprint density at radius 1 is 1.48 bits per heavy atom. The Kier molecular flexibility index (Phi) is 4.91. The number of aromatic amines is 1. The van der Waals surface area contributed by atoms with Crippen LogP contribution in [0.3, 0.4) is 0 Å². The van der Waals surface area contributed by atoms with E-state index >= 15 is 4.39 Å². The first-order valence-corrected chi connectivity index (χ1v) is 11.7. The summed E-state index contributed by atoms with van der Waals surface area (Å²) in [4.78, 5) is 22.3. The summed E-state index contributed by atoms with van der Waals surface area (Å²) in [5.41, 5.74) is 5.24. The molecule has 27 heavy (non-hydrogen) atoms. The van der Waals surface area contributed by atoms with E-state index < -0.39 is 38.5 Å². The average molecular weight is 399 g/mol. The lowest BCUT2D eigenvalue weighted by Crippen LogP contribution is -2.49. The fourth-order valence-electron chi connectivity index (χ4n) is 2.85. The van der Waals surface area contributed by atoms with Gasteiger partial charge >= 0.3 is 0 Å². The highest BCUT2D eigenvalue weighted by molar-refractivity contribution is 6.74. The number of nitrogens with zero attached hydrogens (tertiary/aromatic N) is 3. The number of nitrogens with two attached hydrogens (primary N) is 1. The molecule has 150 valence electrons. The number of aliphatic hydroxyl groups excluding tert-OH is 1. The lowest BCUT2D eigenvalue weighted by atomic mass is 10.1. The van der Waals surface area contributed by atoms with Gasteiger partial charge in [0.25, 0.3) is 5.56 Å². The summed E-state index contributed by atoms with van der Waals surface area (Å²) in [5, 5.41) is 9.57. The molecule has 4 N–H and O–H groups in total. The number of rotatable bonds is 4. The van der Waals surface area contributed by atoms with Crippen molar-refractivity contribution in [3.63, 3.8) is 0 Å². The van der Waals surface area contributed by atoms with E-state index in [1.165, 1.54) is 10.9 Å². The molecule has 2 aromatic heterocycles. The highest BCUT2D eigenvalue weighted by atomic mass is 28.4. The minimum absolute atomic E-state index is 0.0364. The van der Waals surface area contributed by atoms with Gasteiger partial charge in [0.1, 0.15) is 12.2 Å². The van der Waals surface area contributed by atoms with Gasteiger partial charge in [-0.3, -0.25) is 14.3 Å². The second kappa shape index (κ2) is 6.65. The first-order chi connectivity index (χ1) is 12.5. The van der Waals surface area contributed by atoms with Gasteiger partial charge in [0.2, 0.25) is 5.95 Å². The van der Waals surface area contributed by atoms with E-state index in [1.54, 1.807) is 0 Å². The molecule has 2 aromatic rings. The number of aliphatic hydroxyl groups is 1. The second-order valence-electron chi connectivity index (χ2n) is 8.31. The van der Waals surface area contributed by atoms with E-state index in [1.807, 2.05) is 13.1 Å². The van der Waals surface area contributed by atoms with Gasteiger partial charge in [0.15, 0.2) is 31.9 Å². The monoisotopic (exact) mass is 399 g/mol. The van der Waals surface area contributed by atoms with E-state index in [2.05, 4.69) is 35.7 Å². The molecular formula is C16H26FN5O4Si. The number of halogens is 1. The maximum absolute atomic E-state index is 15.4. The third-order valence-electron chi connectivity index (χ3n) is 5.41. The number of aromatic nitrogens is 4. The summed E-state index contributed by atoms with van der Waals surface area (Å²) >= 11 is 0. The smallest absolute Gasteiger partial charge is 0.280 e. The number of alkyl halides is 1. The Morgan fingerprint density at radius 2 is 2.15 bits per heavy atom. The molecule has 0 bridgehead atoms. The molecule has 0 aliphatic carbocycles. The van der Waals surface area contributed by atoms with Crippen LogP contribution in [0.2, 0.25) is 18.1 Å². The van der Waals surface area contributed by atoms with Gasteiger partial charge in [-0.1, -0.05) is 20.8 Å². The van der Waals surface area contributed by atoms with Crippen LogP contribution in [0.1, 0.15) is 27.0 Å². The summed E-state index contributed by atoms with van der Waals surface area (Å²) in [5.74, 6) is -0.101. The largest absolute Gasteiger partial charge is 0.408 e. The number of anilines is 1. The van der Waals surface area contributed by atoms with Crippen LogP contribution >= 0.6 is 0 Å². The van der Waals surface area contributed by atoms with E-state index in [9.17, 15) is 9.90 Å². The summed E-state index contributed by atoms with van der Waals surface area (Å²) in [7, 11) is -2.30. The Balaban J connectivity index is 1.97. The van der Waals surface area contributed by atoms with Gasteiger partial charge in [0, 0.05) is 0 Å². The molecule has 1 unspecified atom stereocenters. The standard InChI is InChI=1S/C16H26FN5O4Si/c1-16(2,3)27(4,5)26-11-8(6-23)25-14(9(11)17)22-7-19-10-12(22)20-15(18)21-13(10)24/h7-9,11,14,23H,6H2,1-5H3,(H3,18,20,21,24)/t8-,9+,11?,14-/m1/s1. The molecule has 11 heteroatoms. The Bertz CT molecular complexity index is 893. The Labute approximate surface area is 156 Å². The molecule has 1 aliphatic rings. The fourth-order valence-corrected chi connectivity index (χ4v) is 4.17. The summed E-state index contributed by atoms with van der Waals surface area (Å²) in [6, 6.07) is 0. The third-order valence-corrected chi connectivity index (χ3v) is 9.88. The topological polar surface area (TPSA) is 128 Å². The van der Waals surface area contributed by atoms with Crippen molar-refractivity contribution in [2.75, 3.05) is 12.3 Å². The van der Waals surface area contributed by atoms with Crippen molar-refractivity contribution >= 4 is 25.4 Å². The average Bonchev–Trinajstić information content (AvgIpc) is 3.08. The fraction of sp³-hybridized carbons (Fsp3) is 0.688. The molecule has 4 atom stereocenters. The maximum Gasteiger partial charge on any atom is 0.280 e. The van der Waals surface area contributed by atoms with Crippen molar-refractivity contribution < 1.29 is 18.7 Å². The van der Waals surface area contributed by atoms with E-state index in [0.29, 0.717) is 0 Å². The zero-order valence-corrected chi connectivity index (χ0v) is 17.1. The number of hydrogen-bond acceptors (Lipinski definition) is 7. The molecule has 3 rings (SSSR count). The van der Waals surface area contributed by atoms with Crippen LogP contribution in [0.15, 0.2) is 11.1 Å². The van der Waals surface area contributed by atoms with Crippen LogP contribution in [-0.2, 0) is 9.16 Å². The molecule has 1 saturated heterocycles. The second-order valence-corrected chi connectivity index (χ2v) is 13.1. The summed E-state index contributed by atoms with van der Waals surface area (Å²) in [6.07, 6.45) is -3.19. The number of nitrogens with one attached hydrogen (secondary N) is 1. The quantitative estimate of drug-likeness (QED) is 0.661. The Hall–Kier alpha value is -1.82. The molecule has 1 fully saturated rings. The van der Waals surface area contributed by atoms with Crippen LogP contribution in [0.5, 0.6) is 0 Å². The molecule has 3 heterocycles. The van der Waals surface area contributed by atoms with Gasteiger partial charge in [-0.15, -0.1) is 0 Å². The number of nitrogen functional groups attached to an aromatic ring is 1. The summed E-state index contributed by atoms with van der Waals surface area (Å²) < 4.78 is 28.6. The maximum atomic E-state index is 15.4. The zero-order valence-electron chi connectivity index (χ0n) is 16.1. The highest BCUT2D eigenvalue weighted by Gasteiger charge is 2.51. The van der Waals surface area contributed by atoms with Gasteiger partial charge in [-0.05, 0) is 18.1 Å². The van der Waals surface area contributed by atoms with Crippen molar-refractivity contribution in [3.8, 4) is 0 Å². The number of fused-ring (bicyclic) bond motifs is 1. The zero-order chi connectivity index (χ0) is 20.1. The number of H-pyrrole nitrogens is 1. The van der Waals surface area contributed by atoms with Crippen LogP contribution in [0.4, 0.5) is 10.3 Å². The molecule has 0 amide bonds. The normalized spacial score (nSPS) is 26.8. The predicted molar refractivity (Wildman–Crippen MR) is 101 cm³/mol. The van der Waals surface area contributed by atoms with Crippen molar-refractivity contribution in [3.05, 3.63) is 16.7 Å². The highest BCUT2D eigenvalue weighted by Crippen LogP contribution is 2.42. The number of ether oxygens (including phenoxy) is 1. The van der Waals surface area contributed by atoms with Crippen molar-refractivity contribution in [1.82, 2.24) is 19.5 Å². The molecule has 9 nitrogen and oxygen atoms in total. The molecular weight excluding hydrogens is 373 g/mol. The van der Waals surface area contributed by atoms with Gasteiger partial charge in [-0.2, -0.15) is 4.98 Å². The number of hydrogen-bond donors (Lipinski definition) is 3. The van der Waals surface area contributed by atoms with Crippen molar-refractivity contribution in [2.45, 2.75) is 63.5 Å². The molecule has 0 radical (unpaired) electrons.